The fourth-order valence-electron chi connectivity index (χ4n) is 2.35. The molecule has 0 unspecified atom stereocenters. The highest BCUT2D eigenvalue weighted by Crippen LogP contribution is 2.26. The van der Waals surface area contributed by atoms with Crippen LogP contribution < -0.4 is 4.74 Å². The van der Waals surface area contributed by atoms with Crippen molar-refractivity contribution < 1.29 is 9.53 Å². The summed E-state index contributed by atoms with van der Waals surface area (Å²) in [5, 5.41) is 9.20. The van der Waals surface area contributed by atoms with Gasteiger partial charge in [-0.1, -0.05) is 18.7 Å². The number of rotatable bonds is 7. The fourth-order valence-corrected chi connectivity index (χ4v) is 4.12. The van der Waals surface area contributed by atoms with E-state index in [1.807, 2.05) is 48.0 Å². The maximum Gasteiger partial charge on any atom is 0.191 e. The Bertz CT molecular complexity index is 869. The van der Waals surface area contributed by atoms with Crippen LogP contribution in [-0.2, 0) is 13.5 Å². The van der Waals surface area contributed by atoms with Crippen LogP contribution in [0.4, 0.5) is 0 Å². The van der Waals surface area contributed by atoms with E-state index in [1.54, 1.807) is 18.4 Å². The van der Waals surface area contributed by atoms with Crippen molar-refractivity contribution in [2.75, 3.05) is 12.9 Å². The van der Waals surface area contributed by atoms with Crippen LogP contribution in [0.1, 0.15) is 21.5 Å². The molecule has 5 nitrogen and oxygen atoms in total. The first kappa shape index (κ1) is 17.7. The first-order valence-corrected chi connectivity index (χ1v) is 9.71. The number of thioether (sulfide) groups is 1. The molecule has 0 aliphatic carbocycles. The van der Waals surface area contributed by atoms with Gasteiger partial charge in [0.05, 0.1) is 17.7 Å². The van der Waals surface area contributed by atoms with Gasteiger partial charge in [0.1, 0.15) is 5.75 Å². The summed E-state index contributed by atoms with van der Waals surface area (Å²) >= 11 is 2.98. The molecule has 0 N–H and O–H groups in total. The molecule has 0 aliphatic heterocycles. The molecule has 25 heavy (non-hydrogen) atoms. The summed E-state index contributed by atoms with van der Waals surface area (Å²) in [4.78, 5) is 14.4. The highest BCUT2D eigenvalue weighted by molar-refractivity contribution is 7.99. The van der Waals surface area contributed by atoms with Crippen molar-refractivity contribution >= 4 is 28.9 Å². The van der Waals surface area contributed by atoms with E-state index in [9.17, 15) is 4.79 Å². The molecular weight excluding hydrogens is 354 g/mol. The van der Waals surface area contributed by atoms with Crippen molar-refractivity contribution in [3.8, 4) is 17.1 Å². The lowest BCUT2D eigenvalue weighted by molar-refractivity contribution is 0.102. The second kappa shape index (κ2) is 7.84. The van der Waals surface area contributed by atoms with E-state index in [4.69, 9.17) is 4.74 Å². The number of thiophene rings is 1. The molecule has 2 heterocycles. The fraction of sp³-hybridized carbons (Fsp3) is 0.278. The number of nitrogens with zero attached hydrogens (tertiary/aromatic N) is 3. The van der Waals surface area contributed by atoms with Crippen LogP contribution in [0.25, 0.3) is 11.4 Å². The number of Topliss-reactive ketones (excluding diaryl/α,β-unsaturated/α-hetero) is 1. The van der Waals surface area contributed by atoms with Gasteiger partial charge in [-0.05, 0) is 42.8 Å². The monoisotopic (exact) mass is 373 g/mol. The summed E-state index contributed by atoms with van der Waals surface area (Å²) in [5.41, 5.74) is 0.958. The van der Waals surface area contributed by atoms with E-state index < -0.39 is 0 Å². The van der Waals surface area contributed by atoms with Gasteiger partial charge in [-0.15, -0.1) is 21.5 Å². The highest BCUT2D eigenvalue weighted by Gasteiger charge is 2.15. The van der Waals surface area contributed by atoms with Gasteiger partial charge in [-0.25, -0.2) is 0 Å². The Balaban J connectivity index is 1.69. The highest BCUT2D eigenvalue weighted by atomic mass is 32.2. The number of aromatic nitrogens is 3. The number of aryl methyl sites for hydroxylation is 1. The number of carbonyl (C=O) groups excluding carboxylic acids is 1. The number of hydrogen-bond acceptors (Lipinski definition) is 6. The molecule has 0 aliphatic rings. The molecule has 3 aromatic rings. The standard InChI is InChI=1S/C18H19N3O2S2/c1-4-14-9-10-16(25-14)15(22)11-24-18-20-19-17(21(18)2)12-5-7-13(23-3)8-6-12/h5-10H,4,11H2,1-3H3. The van der Waals surface area contributed by atoms with E-state index in [2.05, 4.69) is 17.1 Å². The van der Waals surface area contributed by atoms with Crippen molar-refractivity contribution in [2.45, 2.75) is 18.5 Å². The zero-order chi connectivity index (χ0) is 17.8. The predicted octanol–water partition coefficient (Wildman–Crippen LogP) is 4.09. The zero-order valence-corrected chi connectivity index (χ0v) is 16.0. The number of ketones is 1. The molecule has 0 spiro atoms. The van der Waals surface area contributed by atoms with E-state index in [-0.39, 0.29) is 5.78 Å². The van der Waals surface area contributed by atoms with Crippen LogP contribution in [0, 0.1) is 0 Å². The molecule has 0 radical (unpaired) electrons. The van der Waals surface area contributed by atoms with E-state index in [1.165, 1.54) is 16.6 Å². The first-order valence-electron chi connectivity index (χ1n) is 7.91. The SMILES string of the molecule is CCc1ccc(C(=O)CSc2nnc(-c3ccc(OC)cc3)n2C)s1. The maximum atomic E-state index is 12.3. The van der Waals surface area contributed by atoms with Crippen molar-refractivity contribution in [3.63, 3.8) is 0 Å². The van der Waals surface area contributed by atoms with Gasteiger partial charge in [0, 0.05) is 17.5 Å². The Kier molecular flexibility index (Phi) is 5.55. The minimum atomic E-state index is 0.128. The normalized spacial score (nSPS) is 10.8. The number of benzene rings is 1. The molecule has 7 heteroatoms. The second-order valence-electron chi connectivity index (χ2n) is 5.43. The van der Waals surface area contributed by atoms with Gasteiger partial charge in [0.2, 0.25) is 0 Å². The van der Waals surface area contributed by atoms with Gasteiger partial charge in [0.15, 0.2) is 16.8 Å². The van der Waals surface area contributed by atoms with Crippen molar-refractivity contribution in [2.24, 2.45) is 7.05 Å². The third-order valence-electron chi connectivity index (χ3n) is 3.80. The Morgan fingerprint density at radius 3 is 2.60 bits per heavy atom. The van der Waals surface area contributed by atoms with Gasteiger partial charge < -0.3 is 9.30 Å². The van der Waals surface area contributed by atoms with Crippen LogP contribution in [0.2, 0.25) is 0 Å². The molecule has 0 fully saturated rings. The average Bonchev–Trinajstić information content (AvgIpc) is 3.27. The van der Waals surface area contributed by atoms with Crippen LogP contribution in [0.15, 0.2) is 41.6 Å². The molecule has 2 aromatic heterocycles. The zero-order valence-electron chi connectivity index (χ0n) is 14.4. The molecule has 0 atom stereocenters. The Morgan fingerprint density at radius 1 is 1.20 bits per heavy atom. The lowest BCUT2D eigenvalue weighted by Gasteiger charge is -2.04. The van der Waals surface area contributed by atoms with Crippen LogP contribution >= 0.6 is 23.1 Å². The summed E-state index contributed by atoms with van der Waals surface area (Å²) < 4.78 is 7.08. The maximum absolute atomic E-state index is 12.3. The predicted molar refractivity (Wildman–Crippen MR) is 102 cm³/mol. The molecule has 0 saturated carbocycles. The Hall–Kier alpha value is -2.12. The van der Waals surface area contributed by atoms with Crippen LogP contribution in [0.3, 0.4) is 0 Å². The summed E-state index contributed by atoms with van der Waals surface area (Å²) in [6.07, 6.45) is 0.958. The van der Waals surface area contributed by atoms with Crippen molar-refractivity contribution in [1.82, 2.24) is 14.8 Å². The Morgan fingerprint density at radius 2 is 1.96 bits per heavy atom. The molecule has 3 rings (SSSR count). The molecule has 0 bridgehead atoms. The topological polar surface area (TPSA) is 57.0 Å². The summed E-state index contributed by atoms with van der Waals surface area (Å²) in [6, 6.07) is 11.6. The second-order valence-corrected chi connectivity index (χ2v) is 7.54. The number of carbonyl (C=O) groups is 1. The lowest BCUT2D eigenvalue weighted by atomic mass is 10.2. The van der Waals surface area contributed by atoms with Crippen LogP contribution in [-0.4, -0.2) is 33.4 Å². The summed E-state index contributed by atoms with van der Waals surface area (Å²) in [6.45, 7) is 2.09. The van der Waals surface area contributed by atoms with Gasteiger partial charge in [0.25, 0.3) is 0 Å². The third kappa shape index (κ3) is 3.93. The smallest absolute Gasteiger partial charge is 0.191 e. The van der Waals surface area contributed by atoms with E-state index in [0.29, 0.717) is 5.75 Å². The number of hydrogen-bond donors (Lipinski definition) is 0. The molecule has 0 amide bonds. The quantitative estimate of drug-likeness (QED) is 0.461. The third-order valence-corrected chi connectivity index (χ3v) is 6.09. The first-order chi connectivity index (χ1) is 12.1. The molecule has 0 saturated heterocycles. The lowest BCUT2D eigenvalue weighted by Crippen LogP contribution is -2.02. The summed E-state index contributed by atoms with van der Waals surface area (Å²) in [7, 11) is 3.55. The van der Waals surface area contributed by atoms with Gasteiger partial charge in [-0.3, -0.25) is 4.79 Å². The van der Waals surface area contributed by atoms with E-state index in [0.717, 1.165) is 33.6 Å². The summed E-state index contributed by atoms with van der Waals surface area (Å²) in [5.74, 6) is 2.05. The van der Waals surface area contributed by atoms with Gasteiger partial charge >= 0.3 is 0 Å². The van der Waals surface area contributed by atoms with E-state index >= 15 is 0 Å². The molecule has 130 valence electrons. The van der Waals surface area contributed by atoms with Gasteiger partial charge in [-0.2, -0.15) is 0 Å². The molecular formula is C18H19N3O2S2. The number of ether oxygens (including phenoxy) is 1. The minimum absolute atomic E-state index is 0.128. The van der Waals surface area contributed by atoms with Crippen molar-refractivity contribution in [3.05, 3.63) is 46.2 Å². The molecule has 1 aromatic carbocycles. The number of methoxy groups -OCH3 is 1. The minimum Gasteiger partial charge on any atom is -0.497 e. The average molecular weight is 374 g/mol. The van der Waals surface area contributed by atoms with Crippen molar-refractivity contribution in [1.29, 1.82) is 0 Å². The largest absolute Gasteiger partial charge is 0.497 e. The van der Waals surface area contributed by atoms with Crippen LogP contribution in [0.5, 0.6) is 5.75 Å². The Labute approximate surface area is 155 Å².